The maximum Gasteiger partial charge on any atom is 0.306 e. The largest absolute Gasteiger partial charge is 0.462 e. The van der Waals surface area contributed by atoms with E-state index in [0.29, 0.717) is 19.3 Å². The van der Waals surface area contributed by atoms with Gasteiger partial charge < -0.3 is 14.2 Å². The highest BCUT2D eigenvalue weighted by atomic mass is 16.6. The summed E-state index contributed by atoms with van der Waals surface area (Å²) >= 11 is 0. The van der Waals surface area contributed by atoms with Crippen LogP contribution in [0.2, 0.25) is 0 Å². The van der Waals surface area contributed by atoms with Crippen molar-refractivity contribution in [1.29, 1.82) is 0 Å². The van der Waals surface area contributed by atoms with E-state index in [1.165, 1.54) is 218 Å². The molecule has 73 heavy (non-hydrogen) atoms. The Morgan fingerprint density at radius 1 is 0.288 bits per heavy atom. The van der Waals surface area contributed by atoms with Crippen LogP contribution in [0.3, 0.4) is 0 Å². The highest BCUT2D eigenvalue weighted by Crippen LogP contribution is 2.18. The lowest BCUT2D eigenvalue weighted by atomic mass is 10.0. The van der Waals surface area contributed by atoms with E-state index >= 15 is 0 Å². The number of carbonyl (C=O) groups is 3. The molecule has 0 aromatic carbocycles. The molecule has 0 saturated carbocycles. The molecule has 0 spiro atoms. The Bertz CT molecular complexity index is 1220. The Kier molecular flexibility index (Phi) is 60.2. The molecule has 0 aromatic rings. The minimum Gasteiger partial charge on any atom is -0.462 e. The molecule has 0 amide bonds. The lowest BCUT2D eigenvalue weighted by Crippen LogP contribution is -2.30. The summed E-state index contributed by atoms with van der Waals surface area (Å²) in [4.78, 5) is 38.0. The van der Waals surface area contributed by atoms with Crippen molar-refractivity contribution in [2.75, 3.05) is 13.2 Å². The Labute approximate surface area is 455 Å². The van der Waals surface area contributed by atoms with Gasteiger partial charge in [0.05, 0.1) is 0 Å². The topological polar surface area (TPSA) is 78.9 Å². The summed E-state index contributed by atoms with van der Waals surface area (Å²) in [6, 6.07) is 0. The van der Waals surface area contributed by atoms with Gasteiger partial charge in [0, 0.05) is 19.3 Å². The van der Waals surface area contributed by atoms with E-state index in [9.17, 15) is 14.4 Å². The second-order valence-corrected chi connectivity index (χ2v) is 22.0. The number of esters is 3. The van der Waals surface area contributed by atoms with Crippen LogP contribution >= 0.6 is 0 Å². The highest BCUT2D eigenvalue weighted by molar-refractivity contribution is 5.71. The SMILES string of the molecule is CC/C=C\C/C=C\C/C=C\CCCCCCCC(=O)OC(COC(=O)CCCCCCCCC)COC(=O)CCCCCCCCCCCCCCCCCCCCCCCCCCCCCCCCCCC. The molecule has 1 unspecified atom stereocenters. The first kappa shape index (κ1) is 70.6. The van der Waals surface area contributed by atoms with Gasteiger partial charge in [-0.25, -0.2) is 0 Å². The van der Waals surface area contributed by atoms with E-state index in [1.807, 2.05) is 0 Å². The summed E-state index contributed by atoms with van der Waals surface area (Å²) in [7, 11) is 0. The predicted molar refractivity (Wildman–Crippen MR) is 316 cm³/mol. The van der Waals surface area contributed by atoms with E-state index < -0.39 is 6.10 Å². The molecule has 0 aromatic heterocycles. The van der Waals surface area contributed by atoms with Crippen LogP contribution in [0.4, 0.5) is 0 Å². The molecule has 0 fully saturated rings. The molecule has 6 nitrogen and oxygen atoms in total. The minimum atomic E-state index is -0.776. The Balaban J connectivity index is 3.93. The standard InChI is InChI=1S/C67H124O6/c1-4-7-10-13-16-18-20-22-24-25-26-27-28-29-30-31-32-33-34-35-36-37-38-39-40-41-43-44-46-48-51-54-57-60-66(69)72-63-64(62-71-65(68)59-56-53-50-15-12-9-6-3)73-67(70)61-58-55-52-49-47-45-42-23-21-19-17-14-11-8-5-2/h8,11,17,19,23,42,64H,4-7,9-10,12-16,18,20-22,24-41,43-63H2,1-3H3/b11-8-,19-17-,42-23-. The number of rotatable bonds is 60. The lowest BCUT2D eigenvalue weighted by Gasteiger charge is -2.18. The summed E-state index contributed by atoms with van der Waals surface area (Å²) < 4.78 is 16.8. The van der Waals surface area contributed by atoms with Crippen molar-refractivity contribution < 1.29 is 28.6 Å². The summed E-state index contributed by atoms with van der Waals surface area (Å²) in [6.45, 7) is 6.52. The quantitative estimate of drug-likeness (QED) is 0.0261. The van der Waals surface area contributed by atoms with Gasteiger partial charge in [0.1, 0.15) is 13.2 Å². The first-order chi connectivity index (χ1) is 36.0. The van der Waals surface area contributed by atoms with Crippen molar-refractivity contribution in [3.63, 3.8) is 0 Å². The van der Waals surface area contributed by atoms with Gasteiger partial charge >= 0.3 is 17.9 Å². The highest BCUT2D eigenvalue weighted by Gasteiger charge is 2.19. The van der Waals surface area contributed by atoms with Crippen LogP contribution in [0.15, 0.2) is 36.5 Å². The smallest absolute Gasteiger partial charge is 0.306 e. The monoisotopic (exact) mass is 1020 g/mol. The zero-order chi connectivity index (χ0) is 52.9. The first-order valence-electron chi connectivity index (χ1n) is 32.5. The third-order valence-electron chi connectivity index (χ3n) is 14.7. The Morgan fingerprint density at radius 3 is 0.836 bits per heavy atom. The number of unbranched alkanes of at least 4 members (excludes halogenated alkanes) is 43. The number of ether oxygens (including phenoxy) is 3. The fourth-order valence-corrected chi connectivity index (χ4v) is 9.81. The number of hydrogen-bond donors (Lipinski definition) is 0. The van der Waals surface area contributed by atoms with Crippen LogP contribution in [0.25, 0.3) is 0 Å². The lowest BCUT2D eigenvalue weighted by molar-refractivity contribution is -0.167. The van der Waals surface area contributed by atoms with Crippen molar-refractivity contribution in [3.05, 3.63) is 36.5 Å². The van der Waals surface area contributed by atoms with Gasteiger partial charge in [0.2, 0.25) is 0 Å². The Morgan fingerprint density at radius 2 is 0.534 bits per heavy atom. The molecule has 0 aliphatic carbocycles. The van der Waals surface area contributed by atoms with E-state index in [2.05, 4.69) is 57.2 Å². The molecule has 1 atom stereocenters. The maximum atomic E-state index is 12.8. The third-order valence-corrected chi connectivity index (χ3v) is 14.7. The van der Waals surface area contributed by atoms with Crippen LogP contribution in [0.5, 0.6) is 0 Å². The number of hydrogen-bond acceptors (Lipinski definition) is 6. The normalized spacial score (nSPS) is 12.2. The van der Waals surface area contributed by atoms with E-state index in [-0.39, 0.29) is 31.1 Å². The molecular weight excluding hydrogens is 901 g/mol. The average Bonchev–Trinajstić information content (AvgIpc) is 3.39. The maximum absolute atomic E-state index is 12.8. The third kappa shape index (κ3) is 60.4. The second kappa shape index (κ2) is 62.2. The summed E-state index contributed by atoms with van der Waals surface area (Å²) in [6.07, 6.45) is 76.4. The zero-order valence-corrected chi connectivity index (χ0v) is 49.2. The van der Waals surface area contributed by atoms with Crippen LogP contribution in [0.1, 0.15) is 355 Å². The summed E-state index contributed by atoms with van der Waals surface area (Å²) in [5.41, 5.74) is 0. The van der Waals surface area contributed by atoms with Crippen molar-refractivity contribution in [2.24, 2.45) is 0 Å². The molecule has 0 aliphatic heterocycles. The molecule has 0 radical (unpaired) electrons. The average molecular weight is 1030 g/mol. The van der Waals surface area contributed by atoms with E-state index in [4.69, 9.17) is 14.2 Å². The first-order valence-corrected chi connectivity index (χ1v) is 32.5. The van der Waals surface area contributed by atoms with Gasteiger partial charge in [0.15, 0.2) is 6.10 Å². The van der Waals surface area contributed by atoms with Crippen molar-refractivity contribution in [3.8, 4) is 0 Å². The number of allylic oxidation sites excluding steroid dienone is 6. The van der Waals surface area contributed by atoms with Gasteiger partial charge in [-0.1, -0.05) is 320 Å². The van der Waals surface area contributed by atoms with Gasteiger partial charge in [-0.15, -0.1) is 0 Å². The second-order valence-electron chi connectivity index (χ2n) is 22.0. The van der Waals surface area contributed by atoms with Crippen molar-refractivity contribution in [2.45, 2.75) is 361 Å². The predicted octanol–water partition coefficient (Wildman–Crippen LogP) is 22.0. The van der Waals surface area contributed by atoms with Crippen molar-refractivity contribution in [1.82, 2.24) is 0 Å². The zero-order valence-electron chi connectivity index (χ0n) is 49.2. The van der Waals surface area contributed by atoms with Gasteiger partial charge in [-0.05, 0) is 51.4 Å². The molecule has 0 saturated heterocycles. The molecule has 0 rings (SSSR count). The van der Waals surface area contributed by atoms with Gasteiger partial charge in [-0.2, -0.15) is 0 Å². The summed E-state index contributed by atoms with van der Waals surface area (Å²) in [5, 5.41) is 0. The van der Waals surface area contributed by atoms with Crippen molar-refractivity contribution >= 4 is 17.9 Å². The summed E-state index contributed by atoms with van der Waals surface area (Å²) in [5.74, 6) is -0.882. The van der Waals surface area contributed by atoms with Crippen LogP contribution < -0.4 is 0 Å². The molecule has 0 N–H and O–H groups in total. The van der Waals surface area contributed by atoms with Crippen LogP contribution in [-0.2, 0) is 28.6 Å². The molecule has 6 heteroatoms. The Hall–Kier alpha value is -2.37. The van der Waals surface area contributed by atoms with E-state index in [0.717, 1.165) is 96.3 Å². The molecule has 428 valence electrons. The van der Waals surface area contributed by atoms with Crippen LogP contribution in [-0.4, -0.2) is 37.2 Å². The number of carbonyl (C=O) groups excluding carboxylic acids is 3. The minimum absolute atomic E-state index is 0.0753. The van der Waals surface area contributed by atoms with E-state index in [1.54, 1.807) is 0 Å². The van der Waals surface area contributed by atoms with Gasteiger partial charge in [-0.3, -0.25) is 14.4 Å². The van der Waals surface area contributed by atoms with Gasteiger partial charge in [0.25, 0.3) is 0 Å². The molecule has 0 bridgehead atoms. The van der Waals surface area contributed by atoms with Crippen LogP contribution in [0, 0.1) is 0 Å². The fraction of sp³-hybridized carbons (Fsp3) is 0.866. The molecule has 0 aliphatic rings. The molecule has 0 heterocycles. The fourth-order valence-electron chi connectivity index (χ4n) is 9.81. The molecular formula is C67H124O6.